The maximum absolute atomic E-state index is 8.68. The summed E-state index contributed by atoms with van der Waals surface area (Å²) >= 11 is 0. The topological polar surface area (TPSA) is 69.7 Å². The first-order valence-electron chi connectivity index (χ1n) is 2.71. The van der Waals surface area contributed by atoms with Gasteiger partial charge in [0.25, 0.3) is 0 Å². The minimum Gasteiger partial charge on any atom is -0.392 e. The maximum atomic E-state index is 8.68. The fraction of sp³-hybridized carbons (Fsp3) is 1.00. The summed E-state index contributed by atoms with van der Waals surface area (Å²) in [6.07, 6.45) is -0.199. The van der Waals surface area contributed by atoms with E-state index in [4.69, 9.17) is 10.3 Å². The van der Waals surface area contributed by atoms with Gasteiger partial charge in [0.1, 0.15) is 0 Å². The van der Waals surface area contributed by atoms with E-state index in [1.54, 1.807) is 6.92 Å². The van der Waals surface area contributed by atoms with Crippen LogP contribution in [0.25, 0.3) is 0 Å². The molecule has 58 valence electrons. The molecule has 0 aliphatic carbocycles. The van der Waals surface area contributed by atoms with E-state index in [-0.39, 0.29) is 6.10 Å². The van der Waals surface area contributed by atoms with Gasteiger partial charge in [-0.25, -0.2) is 5.90 Å². The Morgan fingerprint density at radius 1 is 1.44 bits per heavy atom. The number of nitrogens with zero attached hydrogens (tertiary/aromatic N) is 1. The Kier molecular flexibility index (Phi) is 10.1. The van der Waals surface area contributed by atoms with Gasteiger partial charge in [-0.05, 0) is 21.0 Å². The maximum Gasteiger partial charge on any atom is 0.0638 e. The minimum absolute atomic E-state index is 0.199. The summed E-state index contributed by atoms with van der Waals surface area (Å²) in [5, 5.41) is 15.2. The van der Waals surface area contributed by atoms with Crippen LogP contribution in [0.4, 0.5) is 0 Å². The van der Waals surface area contributed by atoms with Crippen molar-refractivity contribution in [2.45, 2.75) is 13.0 Å². The first kappa shape index (κ1) is 11.6. The van der Waals surface area contributed by atoms with Gasteiger partial charge in [0.2, 0.25) is 0 Å². The van der Waals surface area contributed by atoms with Gasteiger partial charge in [-0.2, -0.15) is 0 Å². The summed E-state index contributed by atoms with van der Waals surface area (Å²) < 4.78 is 0. The molecule has 0 rings (SSSR count). The molecule has 0 amide bonds. The molecule has 4 nitrogen and oxygen atoms in total. The first-order valence-corrected chi connectivity index (χ1v) is 2.71. The Hall–Kier alpha value is -0.160. The number of aliphatic hydroxyl groups excluding tert-OH is 1. The largest absolute Gasteiger partial charge is 0.392 e. The van der Waals surface area contributed by atoms with E-state index in [1.807, 2.05) is 19.0 Å². The molecule has 0 radical (unpaired) electrons. The van der Waals surface area contributed by atoms with Crippen LogP contribution < -0.4 is 5.90 Å². The van der Waals surface area contributed by atoms with Gasteiger partial charge in [0, 0.05) is 6.54 Å². The molecule has 4 heteroatoms. The smallest absolute Gasteiger partial charge is 0.0638 e. The molecule has 9 heavy (non-hydrogen) atoms. The number of nitrogens with two attached hydrogens (primary N) is 1. The molecule has 0 aromatic carbocycles. The molecule has 1 atom stereocenters. The SMILES string of the molecule is CC(O)CN(C)C.NO. The van der Waals surface area contributed by atoms with Crippen LogP contribution in [0.5, 0.6) is 0 Å². The Morgan fingerprint density at radius 3 is 1.78 bits per heavy atom. The van der Waals surface area contributed by atoms with Crippen LogP contribution >= 0.6 is 0 Å². The van der Waals surface area contributed by atoms with Crippen molar-refractivity contribution in [3.8, 4) is 0 Å². The van der Waals surface area contributed by atoms with Crippen molar-refractivity contribution in [3.05, 3.63) is 0 Å². The van der Waals surface area contributed by atoms with Crippen LogP contribution in [-0.2, 0) is 0 Å². The van der Waals surface area contributed by atoms with Crippen molar-refractivity contribution in [2.75, 3.05) is 20.6 Å². The Labute approximate surface area is 55.8 Å². The van der Waals surface area contributed by atoms with E-state index in [1.165, 1.54) is 0 Å². The molecule has 0 saturated carbocycles. The third kappa shape index (κ3) is 18.1. The fourth-order valence-corrected chi connectivity index (χ4v) is 0.528. The predicted molar refractivity (Wildman–Crippen MR) is 36.2 cm³/mol. The third-order valence-electron chi connectivity index (χ3n) is 0.629. The monoisotopic (exact) mass is 136 g/mol. The first-order chi connectivity index (χ1) is 4.13. The average molecular weight is 136 g/mol. The number of rotatable bonds is 2. The van der Waals surface area contributed by atoms with Crippen molar-refractivity contribution in [1.29, 1.82) is 0 Å². The number of hydrogen-bond donors (Lipinski definition) is 3. The average Bonchev–Trinajstić information content (AvgIpc) is 1.68. The Morgan fingerprint density at radius 2 is 1.78 bits per heavy atom. The summed E-state index contributed by atoms with van der Waals surface area (Å²) in [4.78, 5) is 1.95. The lowest BCUT2D eigenvalue weighted by molar-refractivity contribution is 0.154. The number of aliphatic hydroxyl groups is 1. The molecule has 0 aromatic heterocycles. The van der Waals surface area contributed by atoms with Crippen molar-refractivity contribution in [1.82, 2.24) is 4.90 Å². The molecule has 4 N–H and O–H groups in total. The quantitative estimate of drug-likeness (QED) is 0.437. The van der Waals surface area contributed by atoms with Gasteiger partial charge in [0.05, 0.1) is 6.10 Å². The highest BCUT2D eigenvalue weighted by Gasteiger charge is 1.93. The van der Waals surface area contributed by atoms with E-state index in [0.29, 0.717) is 0 Å². The zero-order chi connectivity index (χ0) is 7.86. The van der Waals surface area contributed by atoms with E-state index >= 15 is 0 Å². The Balaban J connectivity index is 0. The normalized spacial score (nSPS) is 12.3. The molecule has 0 aliphatic heterocycles. The standard InChI is InChI=1S/C5H13NO.H3NO/c1-5(7)4-6(2)3;1-2/h5,7H,4H2,1-3H3;2H,1H2. The van der Waals surface area contributed by atoms with E-state index in [0.717, 1.165) is 6.54 Å². The second kappa shape index (κ2) is 7.84. The molecule has 0 saturated heterocycles. The van der Waals surface area contributed by atoms with E-state index in [9.17, 15) is 0 Å². The van der Waals surface area contributed by atoms with Crippen LogP contribution in [0.3, 0.4) is 0 Å². The zero-order valence-corrected chi connectivity index (χ0v) is 6.20. The van der Waals surface area contributed by atoms with Crippen LogP contribution in [0.15, 0.2) is 0 Å². The lowest BCUT2D eigenvalue weighted by atomic mass is 10.4. The molecular weight excluding hydrogens is 120 g/mol. The van der Waals surface area contributed by atoms with Crippen LogP contribution in [0, 0.1) is 0 Å². The Bertz CT molecular complexity index is 42.2. The number of hydrogen-bond acceptors (Lipinski definition) is 4. The molecule has 0 spiro atoms. The highest BCUT2D eigenvalue weighted by molar-refractivity contribution is 4.48. The van der Waals surface area contributed by atoms with Gasteiger partial charge >= 0.3 is 0 Å². The van der Waals surface area contributed by atoms with Gasteiger partial charge in [0.15, 0.2) is 0 Å². The van der Waals surface area contributed by atoms with E-state index in [2.05, 4.69) is 5.90 Å². The van der Waals surface area contributed by atoms with Gasteiger partial charge in [-0.3, -0.25) is 0 Å². The van der Waals surface area contributed by atoms with Crippen LogP contribution in [-0.4, -0.2) is 42.0 Å². The fourth-order valence-electron chi connectivity index (χ4n) is 0.528. The van der Waals surface area contributed by atoms with Crippen LogP contribution in [0.1, 0.15) is 6.92 Å². The molecular formula is C5H16N2O2. The zero-order valence-electron chi connectivity index (χ0n) is 6.20. The molecule has 0 heterocycles. The predicted octanol–water partition coefficient (Wildman–Crippen LogP) is -0.737. The summed E-state index contributed by atoms with van der Waals surface area (Å²) in [5.41, 5.74) is 0. The second-order valence-electron chi connectivity index (χ2n) is 2.11. The third-order valence-corrected chi connectivity index (χ3v) is 0.629. The van der Waals surface area contributed by atoms with Gasteiger partial charge in [-0.15, -0.1) is 0 Å². The van der Waals surface area contributed by atoms with Crippen molar-refractivity contribution in [2.24, 2.45) is 5.90 Å². The lowest BCUT2D eigenvalue weighted by Gasteiger charge is -2.10. The summed E-state index contributed by atoms with van der Waals surface area (Å²) in [6.45, 7) is 2.53. The summed E-state index contributed by atoms with van der Waals surface area (Å²) in [5.74, 6) is 3.50. The van der Waals surface area contributed by atoms with Crippen molar-refractivity contribution in [3.63, 3.8) is 0 Å². The molecule has 1 unspecified atom stereocenters. The minimum atomic E-state index is -0.199. The van der Waals surface area contributed by atoms with Gasteiger partial charge in [-0.1, -0.05) is 0 Å². The highest BCUT2D eigenvalue weighted by Crippen LogP contribution is 1.80. The van der Waals surface area contributed by atoms with Gasteiger partial charge < -0.3 is 15.2 Å². The van der Waals surface area contributed by atoms with Crippen molar-refractivity contribution >= 4 is 0 Å². The molecule has 0 fully saturated rings. The lowest BCUT2D eigenvalue weighted by Crippen LogP contribution is -2.22. The molecule has 0 aliphatic rings. The van der Waals surface area contributed by atoms with Crippen LogP contribution in [0.2, 0.25) is 0 Å². The number of likely N-dealkylation sites (N-methyl/N-ethyl adjacent to an activating group) is 1. The van der Waals surface area contributed by atoms with E-state index < -0.39 is 0 Å². The highest BCUT2D eigenvalue weighted by atomic mass is 16.4. The molecule has 0 aromatic rings. The second-order valence-corrected chi connectivity index (χ2v) is 2.11. The summed E-state index contributed by atoms with van der Waals surface area (Å²) in [6, 6.07) is 0. The molecule has 0 bridgehead atoms. The summed E-state index contributed by atoms with van der Waals surface area (Å²) in [7, 11) is 3.87. The van der Waals surface area contributed by atoms with Crippen molar-refractivity contribution < 1.29 is 10.3 Å².